The Morgan fingerprint density at radius 2 is 1.55 bits per heavy atom. The van der Waals surface area contributed by atoms with Gasteiger partial charge in [0.05, 0.1) is 20.5 Å². The van der Waals surface area contributed by atoms with Gasteiger partial charge in [0.1, 0.15) is 0 Å². The summed E-state index contributed by atoms with van der Waals surface area (Å²) in [5, 5.41) is 0.249. The summed E-state index contributed by atoms with van der Waals surface area (Å²) in [5.74, 6) is -0.744. The van der Waals surface area contributed by atoms with Crippen molar-refractivity contribution in [1.29, 1.82) is 0 Å². The zero-order chi connectivity index (χ0) is 16.3. The molecule has 0 unspecified atom stereocenters. The lowest BCUT2D eigenvalue weighted by molar-refractivity contribution is 0.0945. The molecule has 116 valence electrons. The van der Waals surface area contributed by atoms with Crippen LogP contribution < -0.4 is 10.3 Å². The molecule has 0 saturated heterocycles. The van der Waals surface area contributed by atoms with Crippen LogP contribution in [0.5, 0.6) is 0 Å². The van der Waals surface area contributed by atoms with Gasteiger partial charge in [0.15, 0.2) is 0 Å². The van der Waals surface area contributed by atoms with Crippen LogP contribution in [0, 0.1) is 6.92 Å². The van der Waals surface area contributed by atoms with E-state index in [0.29, 0.717) is 0 Å². The van der Waals surface area contributed by atoms with Gasteiger partial charge in [-0.2, -0.15) is 0 Å². The Morgan fingerprint density at radius 3 is 2.09 bits per heavy atom. The summed E-state index contributed by atoms with van der Waals surface area (Å²) >= 11 is 11.8. The first-order chi connectivity index (χ1) is 10.3. The molecule has 2 rings (SSSR count). The molecule has 0 aliphatic heterocycles. The van der Waals surface area contributed by atoms with Gasteiger partial charge in [0.25, 0.3) is 15.9 Å². The van der Waals surface area contributed by atoms with Crippen molar-refractivity contribution < 1.29 is 13.2 Å². The highest BCUT2D eigenvalue weighted by Crippen LogP contribution is 2.23. The van der Waals surface area contributed by atoms with E-state index in [1.54, 1.807) is 18.2 Å². The van der Waals surface area contributed by atoms with Gasteiger partial charge in [-0.25, -0.2) is 8.42 Å². The number of carbonyl (C=O) groups excluding carboxylic acids is 1. The van der Waals surface area contributed by atoms with Gasteiger partial charge in [0, 0.05) is 0 Å². The van der Waals surface area contributed by atoms with Crippen LogP contribution in [0.4, 0.5) is 0 Å². The molecule has 0 bridgehead atoms. The number of rotatable bonds is 4. The van der Waals surface area contributed by atoms with Crippen molar-refractivity contribution in [2.75, 3.05) is 0 Å². The molecule has 0 fully saturated rings. The van der Waals surface area contributed by atoms with Crippen LogP contribution in [0.25, 0.3) is 0 Å². The predicted molar refractivity (Wildman–Crippen MR) is 85.4 cm³/mol. The molecule has 0 heterocycles. The summed E-state index contributed by atoms with van der Waals surface area (Å²) in [6.07, 6.45) is 0. The fourth-order valence-electron chi connectivity index (χ4n) is 1.67. The molecule has 0 atom stereocenters. The average Bonchev–Trinajstić information content (AvgIpc) is 2.45. The van der Waals surface area contributed by atoms with E-state index < -0.39 is 15.9 Å². The van der Waals surface area contributed by atoms with E-state index >= 15 is 0 Å². The van der Waals surface area contributed by atoms with Gasteiger partial charge in [0.2, 0.25) is 0 Å². The van der Waals surface area contributed by atoms with Crippen molar-refractivity contribution in [2.45, 2.75) is 11.8 Å². The molecule has 22 heavy (non-hydrogen) atoms. The van der Waals surface area contributed by atoms with Crippen LogP contribution in [0.15, 0.2) is 47.4 Å². The molecule has 0 saturated carbocycles. The van der Waals surface area contributed by atoms with Gasteiger partial charge in [-0.1, -0.05) is 47.0 Å². The molecule has 0 aliphatic rings. The van der Waals surface area contributed by atoms with Crippen molar-refractivity contribution in [2.24, 2.45) is 0 Å². The monoisotopic (exact) mass is 358 g/mol. The maximum Gasteiger partial charge on any atom is 0.269 e. The number of carbonyl (C=O) groups is 1. The van der Waals surface area contributed by atoms with E-state index in [9.17, 15) is 13.2 Å². The zero-order valence-electron chi connectivity index (χ0n) is 11.4. The Labute approximate surface area is 138 Å². The third-order valence-electron chi connectivity index (χ3n) is 2.82. The van der Waals surface area contributed by atoms with Crippen molar-refractivity contribution in [3.8, 4) is 0 Å². The van der Waals surface area contributed by atoms with Crippen LogP contribution in [-0.4, -0.2) is 14.3 Å². The van der Waals surface area contributed by atoms with E-state index in [4.69, 9.17) is 23.2 Å². The lowest BCUT2D eigenvalue weighted by atomic mass is 10.2. The third-order valence-corrected chi connectivity index (χ3v) is 4.71. The summed E-state index contributed by atoms with van der Waals surface area (Å²) in [6, 6.07) is 10.7. The minimum absolute atomic E-state index is 0.00237. The Morgan fingerprint density at radius 1 is 1.00 bits per heavy atom. The van der Waals surface area contributed by atoms with E-state index in [0.717, 1.165) is 5.56 Å². The topological polar surface area (TPSA) is 75.3 Å². The molecular weight excluding hydrogens is 347 g/mol. The number of hydrogen-bond acceptors (Lipinski definition) is 3. The van der Waals surface area contributed by atoms with Crippen molar-refractivity contribution in [3.05, 3.63) is 63.6 Å². The Balaban J connectivity index is 2.15. The highest BCUT2D eigenvalue weighted by atomic mass is 35.5. The summed E-state index contributed by atoms with van der Waals surface area (Å²) in [6.45, 7) is 1.84. The Kier molecular flexibility index (Phi) is 5.08. The van der Waals surface area contributed by atoms with E-state index in [-0.39, 0.29) is 20.5 Å². The molecule has 2 aromatic rings. The highest BCUT2D eigenvalue weighted by Gasteiger charge is 2.18. The molecule has 1 amide bonds. The van der Waals surface area contributed by atoms with Crippen LogP contribution in [0.1, 0.15) is 15.9 Å². The summed E-state index contributed by atoms with van der Waals surface area (Å²) < 4.78 is 24.1. The van der Waals surface area contributed by atoms with Gasteiger partial charge < -0.3 is 0 Å². The summed E-state index contributed by atoms with van der Waals surface area (Å²) in [4.78, 5) is 14.0. The standard InChI is InChI=1S/C14H12Cl2N2O3S/c1-9-5-7-10(8-6-9)22(20,21)18-17-14(19)13-11(15)3-2-4-12(13)16/h2-8,18H,1H3,(H,17,19). The summed E-state index contributed by atoms with van der Waals surface area (Å²) in [5.41, 5.74) is 3.01. The van der Waals surface area contributed by atoms with Crippen molar-refractivity contribution in [3.63, 3.8) is 0 Å². The molecule has 0 spiro atoms. The number of sulfonamides is 1. The average molecular weight is 359 g/mol. The van der Waals surface area contributed by atoms with Gasteiger partial charge in [-0.15, -0.1) is 4.83 Å². The molecule has 2 N–H and O–H groups in total. The van der Waals surface area contributed by atoms with Crippen molar-refractivity contribution >= 4 is 39.1 Å². The molecule has 0 aliphatic carbocycles. The lowest BCUT2D eigenvalue weighted by Crippen LogP contribution is -2.41. The first-order valence-electron chi connectivity index (χ1n) is 6.14. The SMILES string of the molecule is Cc1ccc(S(=O)(=O)NNC(=O)c2c(Cl)cccc2Cl)cc1. The maximum absolute atomic E-state index is 12.1. The quantitative estimate of drug-likeness (QED) is 0.825. The first-order valence-corrected chi connectivity index (χ1v) is 8.38. The van der Waals surface area contributed by atoms with E-state index in [1.807, 2.05) is 11.8 Å². The van der Waals surface area contributed by atoms with Crippen LogP contribution >= 0.6 is 23.2 Å². The number of amides is 1. The Bertz CT molecular complexity index is 785. The number of hydrazine groups is 1. The molecule has 0 aromatic heterocycles. The second-order valence-electron chi connectivity index (χ2n) is 4.47. The largest absolute Gasteiger partial charge is 0.273 e. The molecule has 0 radical (unpaired) electrons. The fraction of sp³-hybridized carbons (Fsp3) is 0.0714. The van der Waals surface area contributed by atoms with E-state index in [2.05, 4.69) is 5.43 Å². The summed E-state index contributed by atoms with van der Waals surface area (Å²) in [7, 11) is -3.87. The number of hydrogen-bond donors (Lipinski definition) is 2. The molecule has 2 aromatic carbocycles. The number of nitrogens with one attached hydrogen (secondary N) is 2. The normalized spacial score (nSPS) is 11.2. The minimum atomic E-state index is -3.87. The smallest absolute Gasteiger partial charge is 0.269 e. The predicted octanol–water partition coefficient (Wildman–Crippen LogP) is 2.93. The second kappa shape index (κ2) is 6.66. The Hall–Kier alpha value is -1.60. The number of halogens is 2. The fourth-order valence-corrected chi connectivity index (χ4v) is 3.08. The van der Waals surface area contributed by atoms with E-state index in [1.165, 1.54) is 24.3 Å². The van der Waals surface area contributed by atoms with Gasteiger partial charge >= 0.3 is 0 Å². The third kappa shape index (κ3) is 3.78. The highest BCUT2D eigenvalue weighted by molar-refractivity contribution is 7.89. The zero-order valence-corrected chi connectivity index (χ0v) is 13.8. The molecular formula is C14H12Cl2N2O3S. The van der Waals surface area contributed by atoms with Gasteiger partial charge in [-0.05, 0) is 31.2 Å². The second-order valence-corrected chi connectivity index (χ2v) is 6.97. The van der Waals surface area contributed by atoms with Gasteiger partial charge in [-0.3, -0.25) is 10.2 Å². The van der Waals surface area contributed by atoms with Crippen molar-refractivity contribution in [1.82, 2.24) is 10.3 Å². The lowest BCUT2D eigenvalue weighted by Gasteiger charge is -2.10. The maximum atomic E-state index is 12.1. The number of aryl methyl sites for hydroxylation is 1. The number of benzene rings is 2. The minimum Gasteiger partial charge on any atom is -0.273 e. The van der Waals surface area contributed by atoms with Crippen LogP contribution in [0.2, 0.25) is 10.0 Å². The van der Waals surface area contributed by atoms with Crippen LogP contribution in [0.3, 0.4) is 0 Å². The molecule has 8 heteroatoms. The first kappa shape index (κ1) is 16.8. The van der Waals surface area contributed by atoms with Crippen LogP contribution in [-0.2, 0) is 10.0 Å². The molecule has 5 nitrogen and oxygen atoms in total.